The Bertz CT molecular complexity index is 866. The van der Waals surface area contributed by atoms with Crippen LogP contribution in [0, 0.1) is 0 Å². The predicted molar refractivity (Wildman–Crippen MR) is 98.4 cm³/mol. The molecule has 1 aliphatic rings. The lowest BCUT2D eigenvalue weighted by Gasteiger charge is -2.18. The van der Waals surface area contributed by atoms with Crippen molar-refractivity contribution in [1.29, 1.82) is 0 Å². The molecule has 4 rings (SSSR count). The number of nitrogens with one attached hydrogen (secondary N) is 2. The lowest BCUT2D eigenvalue weighted by molar-refractivity contribution is 0.249. The largest absolute Gasteiger partial charge is 0.354 e. The van der Waals surface area contributed by atoms with Crippen LogP contribution in [0.3, 0.4) is 0 Å². The third-order valence-electron chi connectivity index (χ3n) is 4.29. The van der Waals surface area contributed by atoms with E-state index in [1.807, 2.05) is 42.5 Å². The number of hydrogen-bond donors (Lipinski definition) is 2. The Morgan fingerprint density at radius 3 is 2.92 bits per heavy atom. The quantitative estimate of drug-likeness (QED) is 0.753. The number of pyridine rings is 1. The minimum atomic E-state index is -0.214. The van der Waals surface area contributed by atoms with Crippen molar-refractivity contribution in [2.24, 2.45) is 0 Å². The zero-order valence-electron chi connectivity index (χ0n) is 14.1. The van der Waals surface area contributed by atoms with Crippen LogP contribution in [-0.2, 0) is 0 Å². The van der Waals surface area contributed by atoms with Crippen molar-refractivity contribution in [3.63, 3.8) is 0 Å². The molecule has 0 radical (unpaired) electrons. The van der Waals surface area contributed by atoms with E-state index in [2.05, 4.69) is 30.8 Å². The van der Waals surface area contributed by atoms with Gasteiger partial charge in [-0.2, -0.15) is 0 Å². The first-order chi connectivity index (χ1) is 12.8. The van der Waals surface area contributed by atoms with Gasteiger partial charge in [0.1, 0.15) is 5.82 Å². The Morgan fingerprint density at radius 1 is 1.15 bits per heavy atom. The molecular weight excluding hydrogens is 330 g/mol. The summed E-state index contributed by atoms with van der Waals surface area (Å²) in [5, 5.41) is 13.7. The molecule has 3 heterocycles. The highest BCUT2D eigenvalue weighted by atomic mass is 16.2. The van der Waals surface area contributed by atoms with Crippen LogP contribution in [0.5, 0.6) is 0 Å². The van der Waals surface area contributed by atoms with Gasteiger partial charge in [-0.1, -0.05) is 17.3 Å². The zero-order chi connectivity index (χ0) is 17.8. The summed E-state index contributed by atoms with van der Waals surface area (Å²) in [4.78, 5) is 18.9. The Morgan fingerprint density at radius 2 is 2.12 bits per heavy atom. The number of benzene rings is 1. The fourth-order valence-electron chi connectivity index (χ4n) is 3.05. The molecule has 0 saturated carbocycles. The van der Waals surface area contributed by atoms with Crippen LogP contribution >= 0.6 is 0 Å². The molecular formula is C18H19N7O. The van der Waals surface area contributed by atoms with Crippen LogP contribution in [0.4, 0.5) is 16.3 Å². The van der Waals surface area contributed by atoms with Crippen LogP contribution in [-0.4, -0.2) is 45.1 Å². The van der Waals surface area contributed by atoms with Crippen LogP contribution in [0.15, 0.2) is 61.1 Å². The molecule has 2 amide bonds. The molecule has 0 aliphatic carbocycles. The molecule has 0 spiro atoms. The fraction of sp³-hybridized carbons (Fsp3) is 0.222. The highest BCUT2D eigenvalue weighted by Crippen LogP contribution is 2.18. The first-order valence-corrected chi connectivity index (χ1v) is 8.48. The van der Waals surface area contributed by atoms with Gasteiger partial charge in [0.05, 0.1) is 18.1 Å². The maximum absolute atomic E-state index is 12.3. The van der Waals surface area contributed by atoms with Crippen molar-refractivity contribution in [2.45, 2.75) is 12.5 Å². The fourth-order valence-corrected chi connectivity index (χ4v) is 3.05. The van der Waals surface area contributed by atoms with Gasteiger partial charge in [0.2, 0.25) is 0 Å². The number of anilines is 2. The normalized spacial score (nSPS) is 16.5. The summed E-state index contributed by atoms with van der Waals surface area (Å²) >= 11 is 0. The van der Waals surface area contributed by atoms with Gasteiger partial charge >= 0.3 is 6.03 Å². The average molecular weight is 349 g/mol. The van der Waals surface area contributed by atoms with Crippen LogP contribution < -0.4 is 15.5 Å². The number of aromatic nitrogens is 4. The molecule has 2 N–H and O–H groups in total. The highest BCUT2D eigenvalue weighted by Gasteiger charge is 2.24. The SMILES string of the molecule is O=C(Nc1cccc(-n2ccnn2)c1)N[C@H]1CCN(c2ccccn2)C1. The molecule has 0 unspecified atom stereocenters. The summed E-state index contributed by atoms with van der Waals surface area (Å²) < 4.78 is 1.64. The summed E-state index contributed by atoms with van der Waals surface area (Å²) in [6.45, 7) is 1.63. The van der Waals surface area contributed by atoms with Gasteiger partial charge in [-0.05, 0) is 36.8 Å². The summed E-state index contributed by atoms with van der Waals surface area (Å²) in [7, 11) is 0. The molecule has 1 aromatic carbocycles. The summed E-state index contributed by atoms with van der Waals surface area (Å²) in [5.41, 5.74) is 1.54. The molecule has 26 heavy (non-hydrogen) atoms. The molecule has 1 aliphatic heterocycles. The molecule has 0 bridgehead atoms. The predicted octanol–water partition coefficient (Wildman–Crippen LogP) is 2.06. The number of hydrogen-bond acceptors (Lipinski definition) is 5. The van der Waals surface area contributed by atoms with E-state index in [4.69, 9.17) is 0 Å². The van der Waals surface area contributed by atoms with Crippen LogP contribution in [0.1, 0.15) is 6.42 Å². The second-order valence-corrected chi connectivity index (χ2v) is 6.12. The van der Waals surface area contributed by atoms with E-state index in [1.54, 1.807) is 23.3 Å². The molecule has 1 saturated heterocycles. The first kappa shape index (κ1) is 16.1. The van der Waals surface area contributed by atoms with Crippen molar-refractivity contribution in [2.75, 3.05) is 23.3 Å². The first-order valence-electron chi connectivity index (χ1n) is 8.48. The maximum Gasteiger partial charge on any atom is 0.319 e. The van der Waals surface area contributed by atoms with E-state index in [1.165, 1.54) is 0 Å². The second-order valence-electron chi connectivity index (χ2n) is 6.12. The van der Waals surface area contributed by atoms with Gasteiger partial charge in [0.25, 0.3) is 0 Å². The van der Waals surface area contributed by atoms with Crippen LogP contribution in [0.25, 0.3) is 5.69 Å². The Kier molecular flexibility index (Phi) is 4.46. The minimum absolute atomic E-state index is 0.0931. The van der Waals surface area contributed by atoms with E-state index in [0.717, 1.165) is 31.0 Å². The lowest BCUT2D eigenvalue weighted by atomic mass is 10.2. The second kappa shape index (κ2) is 7.22. The van der Waals surface area contributed by atoms with E-state index in [0.29, 0.717) is 5.69 Å². The zero-order valence-corrected chi connectivity index (χ0v) is 14.1. The third kappa shape index (κ3) is 3.64. The Balaban J connectivity index is 1.34. The van der Waals surface area contributed by atoms with Gasteiger partial charge in [-0.3, -0.25) is 0 Å². The van der Waals surface area contributed by atoms with Crippen molar-refractivity contribution in [3.05, 3.63) is 61.1 Å². The standard InChI is InChI=1S/C18H19N7O/c26-18(21-14-4-3-5-16(12-14)25-11-9-20-23-25)22-15-7-10-24(13-15)17-6-1-2-8-19-17/h1-6,8-9,11-12,15H,7,10,13H2,(H2,21,22,26)/t15-/m0/s1. The van der Waals surface area contributed by atoms with E-state index in [-0.39, 0.29) is 12.1 Å². The van der Waals surface area contributed by atoms with Gasteiger partial charge in [0.15, 0.2) is 0 Å². The Hall–Kier alpha value is -3.42. The monoisotopic (exact) mass is 349 g/mol. The van der Waals surface area contributed by atoms with Crippen LogP contribution in [0.2, 0.25) is 0 Å². The number of amides is 2. The van der Waals surface area contributed by atoms with E-state index in [9.17, 15) is 4.79 Å². The number of rotatable bonds is 4. The average Bonchev–Trinajstić information content (AvgIpc) is 3.35. The molecule has 2 aromatic heterocycles. The van der Waals surface area contributed by atoms with E-state index < -0.39 is 0 Å². The molecule has 1 fully saturated rings. The van der Waals surface area contributed by atoms with Crippen molar-refractivity contribution in [3.8, 4) is 5.69 Å². The highest BCUT2D eigenvalue weighted by molar-refractivity contribution is 5.89. The maximum atomic E-state index is 12.3. The molecule has 132 valence electrons. The smallest absolute Gasteiger partial charge is 0.319 e. The molecule has 3 aromatic rings. The topological polar surface area (TPSA) is 88.0 Å². The van der Waals surface area contributed by atoms with Gasteiger partial charge < -0.3 is 15.5 Å². The molecule has 8 nitrogen and oxygen atoms in total. The van der Waals surface area contributed by atoms with Gasteiger partial charge in [-0.15, -0.1) is 5.10 Å². The summed E-state index contributed by atoms with van der Waals surface area (Å²) in [5.74, 6) is 0.942. The number of carbonyl (C=O) groups excluding carboxylic acids is 1. The Labute approximate surface area is 150 Å². The molecule has 8 heteroatoms. The number of urea groups is 1. The van der Waals surface area contributed by atoms with Crippen molar-refractivity contribution < 1.29 is 4.79 Å². The van der Waals surface area contributed by atoms with Gasteiger partial charge in [0, 0.05) is 31.0 Å². The summed E-state index contributed by atoms with van der Waals surface area (Å²) in [6, 6.07) is 13.2. The van der Waals surface area contributed by atoms with Crippen molar-refractivity contribution >= 4 is 17.5 Å². The van der Waals surface area contributed by atoms with E-state index >= 15 is 0 Å². The minimum Gasteiger partial charge on any atom is -0.354 e. The van der Waals surface area contributed by atoms with Crippen molar-refractivity contribution in [1.82, 2.24) is 25.3 Å². The molecule has 1 atom stereocenters. The number of nitrogens with zero attached hydrogens (tertiary/aromatic N) is 5. The third-order valence-corrected chi connectivity index (χ3v) is 4.29. The summed E-state index contributed by atoms with van der Waals surface area (Å²) in [6.07, 6.45) is 6.04. The van der Waals surface area contributed by atoms with Gasteiger partial charge in [-0.25, -0.2) is 14.5 Å². The number of carbonyl (C=O) groups is 1. The lowest BCUT2D eigenvalue weighted by Crippen LogP contribution is -2.39.